The van der Waals surface area contributed by atoms with Crippen LogP contribution in [0.1, 0.15) is 24.1 Å². The minimum Gasteiger partial charge on any atom is -0.331 e. The average molecular weight is 347 g/mol. The Morgan fingerprint density at radius 1 is 1.15 bits per heavy atom. The largest absolute Gasteiger partial charge is 0.331 e. The Hall–Kier alpha value is -1.39. The summed E-state index contributed by atoms with van der Waals surface area (Å²) in [5.41, 5.74) is 4.72. The number of hydrogen-bond acceptors (Lipinski definition) is 1. The Bertz CT molecular complexity index is 815. The summed E-state index contributed by atoms with van der Waals surface area (Å²) in [5.74, 6) is 0. The molecule has 1 atom stereocenters. The standard InChI is InChI=1S/C16H15BrN2S/c1-10-3-5-12(6-4-10)11(2)19-15-8-7-13(17)9-14(15)18-16(19)20/h3-9,11H,1-2H3,(H,18,20). The second kappa shape index (κ2) is 5.19. The number of benzene rings is 2. The maximum Gasteiger partial charge on any atom is 0.178 e. The van der Waals surface area contributed by atoms with Crippen LogP contribution in [0.5, 0.6) is 0 Å². The first-order valence-electron chi connectivity index (χ1n) is 6.52. The maximum absolute atomic E-state index is 5.49. The van der Waals surface area contributed by atoms with Crippen molar-refractivity contribution in [2.24, 2.45) is 0 Å². The Kier molecular flexibility index (Phi) is 3.52. The molecule has 3 aromatic rings. The van der Waals surface area contributed by atoms with Crippen molar-refractivity contribution >= 4 is 39.2 Å². The van der Waals surface area contributed by atoms with Crippen LogP contribution in [0.4, 0.5) is 0 Å². The van der Waals surface area contributed by atoms with Gasteiger partial charge in [0.25, 0.3) is 0 Å². The average Bonchev–Trinajstić information content (AvgIpc) is 2.73. The first kappa shape index (κ1) is 13.6. The van der Waals surface area contributed by atoms with E-state index in [-0.39, 0.29) is 6.04 Å². The minimum absolute atomic E-state index is 0.207. The fraction of sp³-hybridized carbons (Fsp3) is 0.188. The molecule has 0 spiro atoms. The SMILES string of the molecule is Cc1ccc(C(C)n2c(=S)[nH]c3cc(Br)ccc32)cc1. The van der Waals surface area contributed by atoms with E-state index in [4.69, 9.17) is 12.2 Å². The summed E-state index contributed by atoms with van der Waals surface area (Å²) in [6.45, 7) is 4.28. The summed E-state index contributed by atoms with van der Waals surface area (Å²) in [6.07, 6.45) is 0. The van der Waals surface area contributed by atoms with Crippen LogP contribution in [0.25, 0.3) is 11.0 Å². The van der Waals surface area contributed by atoms with Crippen LogP contribution in [0.3, 0.4) is 0 Å². The predicted octanol–water partition coefficient (Wildman–Crippen LogP) is 5.38. The lowest BCUT2D eigenvalue weighted by atomic mass is 10.1. The van der Waals surface area contributed by atoms with Crippen LogP contribution in [0, 0.1) is 11.7 Å². The molecule has 2 nitrogen and oxygen atoms in total. The van der Waals surface area contributed by atoms with E-state index in [1.807, 2.05) is 6.07 Å². The zero-order chi connectivity index (χ0) is 14.3. The van der Waals surface area contributed by atoms with Crippen LogP contribution in [0.15, 0.2) is 46.9 Å². The van der Waals surface area contributed by atoms with Crippen molar-refractivity contribution in [2.75, 3.05) is 0 Å². The summed E-state index contributed by atoms with van der Waals surface area (Å²) in [5, 5.41) is 0. The number of halogens is 1. The quantitative estimate of drug-likeness (QED) is 0.617. The van der Waals surface area contributed by atoms with Crippen LogP contribution in [-0.2, 0) is 0 Å². The van der Waals surface area contributed by atoms with Crippen molar-refractivity contribution in [1.29, 1.82) is 0 Å². The number of aryl methyl sites for hydroxylation is 1. The predicted molar refractivity (Wildman–Crippen MR) is 89.8 cm³/mol. The van der Waals surface area contributed by atoms with E-state index >= 15 is 0 Å². The lowest BCUT2D eigenvalue weighted by Gasteiger charge is -2.15. The third kappa shape index (κ3) is 2.34. The van der Waals surface area contributed by atoms with E-state index in [9.17, 15) is 0 Å². The molecule has 1 unspecified atom stereocenters. The lowest BCUT2D eigenvalue weighted by Crippen LogP contribution is -2.06. The molecule has 20 heavy (non-hydrogen) atoms. The number of nitrogens with zero attached hydrogens (tertiary/aromatic N) is 1. The first-order valence-corrected chi connectivity index (χ1v) is 7.73. The Morgan fingerprint density at radius 2 is 1.85 bits per heavy atom. The number of aromatic amines is 1. The van der Waals surface area contributed by atoms with Gasteiger partial charge in [-0.3, -0.25) is 0 Å². The number of H-pyrrole nitrogens is 1. The van der Waals surface area contributed by atoms with Crippen LogP contribution >= 0.6 is 28.1 Å². The third-order valence-electron chi connectivity index (χ3n) is 3.63. The number of hydrogen-bond donors (Lipinski definition) is 1. The highest BCUT2D eigenvalue weighted by Crippen LogP contribution is 2.26. The molecule has 2 aromatic carbocycles. The van der Waals surface area contributed by atoms with Gasteiger partial charge in [0, 0.05) is 4.47 Å². The summed E-state index contributed by atoms with van der Waals surface area (Å²) < 4.78 is 3.98. The molecule has 0 aliphatic heterocycles. The highest BCUT2D eigenvalue weighted by atomic mass is 79.9. The van der Waals surface area contributed by atoms with E-state index in [0.717, 1.165) is 20.3 Å². The molecular formula is C16H15BrN2S. The Labute approximate surface area is 131 Å². The molecule has 0 amide bonds. The fourth-order valence-corrected chi connectivity index (χ4v) is 3.21. The van der Waals surface area contributed by atoms with E-state index in [0.29, 0.717) is 0 Å². The highest BCUT2D eigenvalue weighted by molar-refractivity contribution is 9.10. The monoisotopic (exact) mass is 346 g/mol. The summed E-state index contributed by atoms with van der Waals surface area (Å²) >= 11 is 8.98. The molecule has 1 heterocycles. The fourth-order valence-electron chi connectivity index (χ4n) is 2.48. The van der Waals surface area contributed by atoms with Gasteiger partial charge in [0.15, 0.2) is 4.77 Å². The number of rotatable bonds is 2. The van der Waals surface area contributed by atoms with Gasteiger partial charge in [-0.25, -0.2) is 0 Å². The van der Waals surface area contributed by atoms with E-state index in [2.05, 4.69) is 75.7 Å². The molecule has 3 rings (SSSR count). The van der Waals surface area contributed by atoms with E-state index in [1.54, 1.807) is 0 Å². The van der Waals surface area contributed by atoms with Gasteiger partial charge in [0.2, 0.25) is 0 Å². The molecule has 0 bridgehead atoms. The van der Waals surface area contributed by atoms with Crippen molar-refractivity contribution in [2.45, 2.75) is 19.9 Å². The highest BCUT2D eigenvalue weighted by Gasteiger charge is 2.13. The number of aromatic nitrogens is 2. The van der Waals surface area contributed by atoms with Gasteiger partial charge in [0.1, 0.15) is 0 Å². The summed E-state index contributed by atoms with van der Waals surface area (Å²) in [4.78, 5) is 3.28. The maximum atomic E-state index is 5.49. The zero-order valence-electron chi connectivity index (χ0n) is 11.4. The molecular weight excluding hydrogens is 332 g/mol. The number of fused-ring (bicyclic) bond motifs is 1. The molecule has 0 aliphatic rings. The lowest BCUT2D eigenvalue weighted by molar-refractivity contribution is 0.649. The molecule has 4 heteroatoms. The smallest absolute Gasteiger partial charge is 0.178 e. The molecule has 102 valence electrons. The molecule has 0 saturated heterocycles. The van der Waals surface area contributed by atoms with Crippen molar-refractivity contribution in [3.63, 3.8) is 0 Å². The number of nitrogens with one attached hydrogen (secondary N) is 1. The van der Waals surface area contributed by atoms with Gasteiger partial charge in [-0.05, 0) is 49.8 Å². The Balaban J connectivity index is 2.16. The van der Waals surface area contributed by atoms with Crippen LogP contribution in [0.2, 0.25) is 0 Å². The number of imidazole rings is 1. The van der Waals surface area contributed by atoms with Gasteiger partial charge >= 0.3 is 0 Å². The van der Waals surface area contributed by atoms with Gasteiger partial charge in [-0.1, -0.05) is 45.8 Å². The summed E-state index contributed by atoms with van der Waals surface area (Å²) in [7, 11) is 0. The van der Waals surface area contributed by atoms with Gasteiger partial charge < -0.3 is 9.55 Å². The summed E-state index contributed by atoms with van der Waals surface area (Å²) in [6, 6.07) is 15.0. The molecule has 1 aromatic heterocycles. The molecule has 0 radical (unpaired) electrons. The normalized spacial score (nSPS) is 12.8. The van der Waals surface area contributed by atoms with E-state index in [1.165, 1.54) is 11.1 Å². The molecule has 1 N–H and O–H groups in total. The van der Waals surface area contributed by atoms with Crippen LogP contribution < -0.4 is 0 Å². The Morgan fingerprint density at radius 3 is 2.55 bits per heavy atom. The van der Waals surface area contributed by atoms with Gasteiger partial charge in [0.05, 0.1) is 17.1 Å². The van der Waals surface area contributed by atoms with Gasteiger partial charge in [-0.2, -0.15) is 0 Å². The minimum atomic E-state index is 0.207. The molecule has 0 fully saturated rings. The van der Waals surface area contributed by atoms with Crippen molar-refractivity contribution in [1.82, 2.24) is 9.55 Å². The van der Waals surface area contributed by atoms with Crippen molar-refractivity contribution in [3.8, 4) is 0 Å². The van der Waals surface area contributed by atoms with E-state index < -0.39 is 0 Å². The third-order valence-corrected chi connectivity index (χ3v) is 4.42. The topological polar surface area (TPSA) is 20.7 Å². The second-order valence-electron chi connectivity index (χ2n) is 5.05. The van der Waals surface area contributed by atoms with Crippen molar-refractivity contribution < 1.29 is 0 Å². The molecule has 0 saturated carbocycles. The van der Waals surface area contributed by atoms with Crippen molar-refractivity contribution in [3.05, 3.63) is 62.8 Å². The van der Waals surface area contributed by atoms with Gasteiger partial charge in [-0.15, -0.1) is 0 Å². The zero-order valence-corrected chi connectivity index (χ0v) is 13.8. The second-order valence-corrected chi connectivity index (χ2v) is 6.35. The van der Waals surface area contributed by atoms with Crippen LogP contribution in [-0.4, -0.2) is 9.55 Å². The molecule has 0 aliphatic carbocycles. The first-order chi connectivity index (χ1) is 9.56.